The molecular formula is C12H20O6. The molecule has 2 aliphatic heterocycles. The SMILES string of the molecule is C=CC(=O)O.CC(COCC1CO1)OCC1CO1. The van der Waals surface area contributed by atoms with E-state index >= 15 is 0 Å². The van der Waals surface area contributed by atoms with E-state index < -0.39 is 5.97 Å². The Morgan fingerprint density at radius 3 is 2.39 bits per heavy atom. The van der Waals surface area contributed by atoms with Crippen LogP contribution in [0.15, 0.2) is 12.7 Å². The first kappa shape index (κ1) is 15.1. The molecule has 6 heteroatoms. The number of aliphatic carboxylic acids is 1. The predicted octanol–water partition coefficient (Wildman–Crippen LogP) is 0.463. The third kappa shape index (κ3) is 9.12. The lowest BCUT2D eigenvalue weighted by atomic mass is 10.4. The number of hydrogen-bond donors (Lipinski definition) is 1. The van der Waals surface area contributed by atoms with Gasteiger partial charge in [0.1, 0.15) is 12.2 Å². The smallest absolute Gasteiger partial charge is 0.327 e. The lowest BCUT2D eigenvalue weighted by Gasteiger charge is -2.11. The second kappa shape index (κ2) is 8.20. The third-order valence-corrected chi connectivity index (χ3v) is 2.20. The average molecular weight is 260 g/mol. The number of carbonyl (C=O) groups is 1. The van der Waals surface area contributed by atoms with Crippen LogP contribution in [0.5, 0.6) is 0 Å². The molecule has 2 saturated heterocycles. The van der Waals surface area contributed by atoms with E-state index in [0.717, 1.165) is 19.3 Å². The van der Waals surface area contributed by atoms with E-state index in [4.69, 9.17) is 24.1 Å². The molecule has 0 radical (unpaired) electrons. The van der Waals surface area contributed by atoms with E-state index in [1.165, 1.54) is 0 Å². The zero-order valence-electron chi connectivity index (χ0n) is 10.5. The number of carboxylic acids is 1. The Bertz CT molecular complexity index is 259. The normalized spacial score (nSPS) is 25.6. The lowest BCUT2D eigenvalue weighted by Crippen LogP contribution is -2.19. The van der Waals surface area contributed by atoms with Crippen LogP contribution in [0.2, 0.25) is 0 Å². The quantitative estimate of drug-likeness (QED) is 0.504. The largest absolute Gasteiger partial charge is 0.478 e. The molecular weight excluding hydrogens is 240 g/mol. The number of hydrogen-bond acceptors (Lipinski definition) is 5. The summed E-state index contributed by atoms with van der Waals surface area (Å²) in [6.07, 6.45) is 1.68. The first-order chi connectivity index (χ1) is 8.61. The van der Waals surface area contributed by atoms with Crippen molar-refractivity contribution in [2.24, 2.45) is 0 Å². The Balaban J connectivity index is 0.000000280. The molecule has 6 nitrogen and oxygen atoms in total. The van der Waals surface area contributed by atoms with Crippen LogP contribution in [0.25, 0.3) is 0 Å². The van der Waals surface area contributed by atoms with E-state index in [-0.39, 0.29) is 6.10 Å². The maximum absolute atomic E-state index is 9.25. The molecule has 0 aromatic carbocycles. The van der Waals surface area contributed by atoms with Crippen LogP contribution in [0.4, 0.5) is 0 Å². The van der Waals surface area contributed by atoms with E-state index in [2.05, 4.69) is 6.58 Å². The number of carboxylic acid groups (broad SMARTS) is 1. The highest BCUT2D eigenvalue weighted by atomic mass is 16.6. The van der Waals surface area contributed by atoms with Gasteiger partial charge in [-0.15, -0.1) is 0 Å². The van der Waals surface area contributed by atoms with E-state index in [9.17, 15) is 4.79 Å². The Morgan fingerprint density at radius 1 is 1.44 bits per heavy atom. The van der Waals surface area contributed by atoms with Crippen molar-refractivity contribution in [1.29, 1.82) is 0 Å². The minimum absolute atomic E-state index is 0.156. The molecule has 18 heavy (non-hydrogen) atoms. The number of epoxide rings is 2. The van der Waals surface area contributed by atoms with Gasteiger partial charge in [0.05, 0.1) is 39.1 Å². The summed E-state index contributed by atoms with van der Waals surface area (Å²) in [5.74, 6) is -0.981. The van der Waals surface area contributed by atoms with Gasteiger partial charge < -0.3 is 24.1 Å². The topological polar surface area (TPSA) is 80.8 Å². The van der Waals surface area contributed by atoms with Gasteiger partial charge in [0.25, 0.3) is 0 Å². The van der Waals surface area contributed by atoms with Gasteiger partial charge in [0.2, 0.25) is 0 Å². The standard InChI is InChI=1S/C9H16O4.C3H4O2/c1-7(11-4-9-6-13-9)2-10-3-8-5-12-8;1-2-3(4)5/h7-9H,2-6H2,1H3;2H,1H2,(H,4,5). The van der Waals surface area contributed by atoms with Crippen molar-refractivity contribution < 1.29 is 28.8 Å². The summed E-state index contributed by atoms with van der Waals surface area (Å²) in [5.41, 5.74) is 0. The van der Waals surface area contributed by atoms with Crippen LogP contribution in [0.3, 0.4) is 0 Å². The van der Waals surface area contributed by atoms with Crippen LogP contribution < -0.4 is 0 Å². The van der Waals surface area contributed by atoms with Crippen molar-refractivity contribution in [3.05, 3.63) is 12.7 Å². The fourth-order valence-electron chi connectivity index (χ4n) is 1.01. The molecule has 2 fully saturated rings. The van der Waals surface area contributed by atoms with Gasteiger partial charge in [-0.2, -0.15) is 0 Å². The highest BCUT2D eigenvalue weighted by Gasteiger charge is 2.24. The van der Waals surface area contributed by atoms with E-state index in [1.807, 2.05) is 6.92 Å². The highest BCUT2D eigenvalue weighted by Crippen LogP contribution is 2.11. The van der Waals surface area contributed by atoms with Crippen LogP contribution in [0, 0.1) is 0 Å². The van der Waals surface area contributed by atoms with Crippen molar-refractivity contribution in [3.8, 4) is 0 Å². The summed E-state index contributed by atoms with van der Waals surface area (Å²) >= 11 is 0. The molecule has 2 aliphatic rings. The van der Waals surface area contributed by atoms with Gasteiger partial charge in [-0.3, -0.25) is 0 Å². The predicted molar refractivity (Wildman–Crippen MR) is 63.5 cm³/mol. The summed E-state index contributed by atoms with van der Waals surface area (Å²) in [6.45, 7) is 8.72. The summed E-state index contributed by atoms with van der Waals surface area (Å²) < 4.78 is 20.9. The second-order valence-electron chi connectivity index (χ2n) is 4.13. The van der Waals surface area contributed by atoms with Crippen molar-refractivity contribution in [2.45, 2.75) is 25.2 Å². The number of rotatable bonds is 8. The molecule has 0 bridgehead atoms. The fraction of sp³-hybridized carbons (Fsp3) is 0.750. The van der Waals surface area contributed by atoms with Gasteiger partial charge >= 0.3 is 5.97 Å². The fourth-order valence-corrected chi connectivity index (χ4v) is 1.01. The first-order valence-corrected chi connectivity index (χ1v) is 5.89. The monoisotopic (exact) mass is 260 g/mol. The van der Waals surface area contributed by atoms with Gasteiger partial charge in [-0.25, -0.2) is 4.79 Å². The summed E-state index contributed by atoms with van der Waals surface area (Å²) in [4.78, 5) is 9.25. The summed E-state index contributed by atoms with van der Waals surface area (Å²) in [5, 5.41) is 7.60. The third-order valence-electron chi connectivity index (χ3n) is 2.20. The van der Waals surface area contributed by atoms with Crippen molar-refractivity contribution in [1.82, 2.24) is 0 Å². The molecule has 0 aromatic heterocycles. The van der Waals surface area contributed by atoms with Gasteiger partial charge in [0.15, 0.2) is 0 Å². The van der Waals surface area contributed by atoms with Crippen LogP contribution in [0.1, 0.15) is 6.92 Å². The molecule has 3 atom stereocenters. The Hall–Kier alpha value is -0.950. The molecule has 0 spiro atoms. The van der Waals surface area contributed by atoms with Crippen molar-refractivity contribution >= 4 is 5.97 Å². The number of ether oxygens (including phenoxy) is 4. The Morgan fingerprint density at radius 2 is 1.94 bits per heavy atom. The van der Waals surface area contributed by atoms with Crippen molar-refractivity contribution in [3.63, 3.8) is 0 Å². The van der Waals surface area contributed by atoms with E-state index in [1.54, 1.807) is 0 Å². The Kier molecular flexibility index (Phi) is 6.89. The zero-order chi connectivity index (χ0) is 13.4. The van der Waals surface area contributed by atoms with E-state index in [0.29, 0.717) is 32.0 Å². The van der Waals surface area contributed by atoms with Crippen LogP contribution in [-0.4, -0.2) is 62.4 Å². The zero-order valence-corrected chi connectivity index (χ0v) is 10.5. The second-order valence-corrected chi connectivity index (χ2v) is 4.13. The van der Waals surface area contributed by atoms with Crippen molar-refractivity contribution in [2.75, 3.05) is 33.0 Å². The van der Waals surface area contributed by atoms with Gasteiger partial charge in [-0.1, -0.05) is 6.58 Å². The molecule has 3 unspecified atom stereocenters. The molecule has 0 aromatic rings. The van der Waals surface area contributed by atoms with Gasteiger partial charge in [0, 0.05) is 6.08 Å². The molecule has 0 amide bonds. The minimum atomic E-state index is -0.981. The highest BCUT2D eigenvalue weighted by molar-refractivity contribution is 5.78. The molecule has 1 N–H and O–H groups in total. The molecule has 0 saturated carbocycles. The maximum atomic E-state index is 9.25. The maximum Gasteiger partial charge on any atom is 0.327 e. The average Bonchev–Trinajstić information content (AvgIpc) is 3.21. The van der Waals surface area contributed by atoms with Crippen LogP contribution in [-0.2, 0) is 23.7 Å². The first-order valence-electron chi connectivity index (χ1n) is 5.89. The van der Waals surface area contributed by atoms with Gasteiger partial charge in [-0.05, 0) is 6.92 Å². The molecule has 2 rings (SSSR count). The minimum Gasteiger partial charge on any atom is -0.478 e. The molecule has 2 heterocycles. The molecule has 104 valence electrons. The summed E-state index contributed by atoms with van der Waals surface area (Å²) in [6, 6.07) is 0. The Labute approximate surface area is 106 Å². The van der Waals surface area contributed by atoms with Crippen LogP contribution >= 0.6 is 0 Å². The summed E-state index contributed by atoms with van der Waals surface area (Å²) in [7, 11) is 0. The lowest BCUT2D eigenvalue weighted by molar-refractivity contribution is -0.131. The molecule has 0 aliphatic carbocycles.